The van der Waals surface area contributed by atoms with Gasteiger partial charge in [0, 0.05) is 23.0 Å². The third-order valence-corrected chi connectivity index (χ3v) is 5.04. The molecule has 5 heteroatoms. The van der Waals surface area contributed by atoms with Gasteiger partial charge in [-0.1, -0.05) is 30.3 Å². The molecule has 0 amide bonds. The molecule has 0 N–H and O–H groups in total. The predicted octanol–water partition coefficient (Wildman–Crippen LogP) is 3.70. The zero-order chi connectivity index (χ0) is 17.4. The number of aromatic nitrogens is 2. The molecule has 26 heavy (non-hydrogen) atoms. The van der Waals surface area contributed by atoms with E-state index in [0.717, 1.165) is 32.6 Å². The molecule has 0 bridgehead atoms. The number of nitrogens with zero attached hydrogens (tertiary/aromatic N) is 2. The summed E-state index contributed by atoms with van der Waals surface area (Å²) in [4.78, 5) is 29.3. The summed E-state index contributed by atoms with van der Waals surface area (Å²) in [6.45, 7) is 0. The highest BCUT2D eigenvalue weighted by Crippen LogP contribution is 2.33. The van der Waals surface area contributed by atoms with Crippen molar-refractivity contribution < 1.29 is 4.42 Å². The van der Waals surface area contributed by atoms with Gasteiger partial charge in [0.05, 0.1) is 21.9 Å². The summed E-state index contributed by atoms with van der Waals surface area (Å²) < 4.78 is 6.46. The largest absolute Gasteiger partial charge is 0.430 e. The van der Waals surface area contributed by atoms with Crippen LogP contribution in [0.1, 0.15) is 0 Å². The Morgan fingerprint density at radius 3 is 2.62 bits per heavy atom. The Morgan fingerprint density at radius 2 is 1.73 bits per heavy atom. The lowest BCUT2D eigenvalue weighted by atomic mass is 10.0. The fraction of sp³-hybridized carbons (Fsp3) is 0. The van der Waals surface area contributed by atoms with Crippen LogP contribution in [-0.4, -0.2) is 9.38 Å². The van der Waals surface area contributed by atoms with Gasteiger partial charge in [0.25, 0.3) is 5.56 Å². The van der Waals surface area contributed by atoms with E-state index < -0.39 is 5.63 Å². The first-order valence-corrected chi connectivity index (χ1v) is 8.22. The van der Waals surface area contributed by atoms with Crippen LogP contribution >= 0.6 is 0 Å². The molecule has 122 valence electrons. The van der Waals surface area contributed by atoms with E-state index in [0.29, 0.717) is 16.3 Å². The SMILES string of the molecule is O=c1cc2cc3c4nc5cccc6cccc(c4cn3c(=O)c2co1)c65. The van der Waals surface area contributed by atoms with E-state index in [1.807, 2.05) is 36.5 Å². The Morgan fingerprint density at radius 1 is 0.885 bits per heavy atom. The van der Waals surface area contributed by atoms with Crippen LogP contribution < -0.4 is 11.2 Å². The van der Waals surface area contributed by atoms with Gasteiger partial charge in [-0.05, 0) is 28.3 Å². The first-order valence-electron chi connectivity index (χ1n) is 8.22. The first-order chi connectivity index (χ1) is 12.7. The van der Waals surface area contributed by atoms with Crippen molar-refractivity contribution in [2.45, 2.75) is 0 Å². The Hall–Kier alpha value is -3.73. The van der Waals surface area contributed by atoms with Crippen LogP contribution in [0.2, 0.25) is 0 Å². The van der Waals surface area contributed by atoms with E-state index in [4.69, 9.17) is 9.40 Å². The Bertz CT molecular complexity index is 1620. The molecule has 0 aliphatic heterocycles. The van der Waals surface area contributed by atoms with E-state index in [9.17, 15) is 9.59 Å². The quantitative estimate of drug-likeness (QED) is 0.424. The fourth-order valence-electron chi connectivity index (χ4n) is 3.89. The van der Waals surface area contributed by atoms with Crippen molar-refractivity contribution in [3.8, 4) is 0 Å². The zero-order valence-electron chi connectivity index (χ0n) is 13.4. The van der Waals surface area contributed by atoms with Crippen LogP contribution in [-0.2, 0) is 0 Å². The number of rotatable bonds is 0. The third kappa shape index (κ3) is 1.57. The first kappa shape index (κ1) is 13.5. The van der Waals surface area contributed by atoms with Gasteiger partial charge in [-0.3, -0.25) is 9.20 Å². The second-order valence-corrected chi connectivity index (χ2v) is 6.46. The molecule has 0 aliphatic rings. The molecule has 0 spiro atoms. The lowest BCUT2D eigenvalue weighted by Crippen LogP contribution is -2.12. The highest BCUT2D eigenvalue weighted by Gasteiger charge is 2.15. The molecule has 0 aliphatic carbocycles. The molecule has 4 heterocycles. The van der Waals surface area contributed by atoms with Gasteiger partial charge in [-0.25, -0.2) is 9.78 Å². The molecule has 2 aromatic carbocycles. The van der Waals surface area contributed by atoms with E-state index in [-0.39, 0.29) is 5.56 Å². The molecule has 0 unspecified atom stereocenters. The zero-order valence-corrected chi connectivity index (χ0v) is 13.4. The maximum atomic E-state index is 12.9. The smallest absolute Gasteiger partial charge is 0.336 e. The molecule has 0 saturated heterocycles. The van der Waals surface area contributed by atoms with Gasteiger partial charge in [-0.2, -0.15) is 0 Å². The summed E-state index contributed by atoms with van der Waals surface area (Å²) in [5.41, 5.74) is 1.63. The third-order valence-electron chi connectivity index (χ3n) is 5.04. The van der Waals surface area contributed by atoms with E-state index in [1.165, 1.54) is 12.3 Å². The lowest BCUT2D eigenvalue weighted by molar-refractivity contribution is 0.517. The average Bonchev–Trinajstić information content (AvgIpc) is 3.01. The molecule has 6 rings (SSSR count). The Balaban J connectivity index is 1.95. The maximum absolute atomic E-state index is 12.9. The summed E-state index contributed by atoms with van der Waals surface area (Å²) in [6.07, 6.45) is 3.05. The highest BCUT2D eigenvalue weighted by atomic mass is 16.4. The van der Waals surface area contributed by atoms with Gasteiger partial charge >= 0.3 is 5.63 Å². The van der Waals surface area contributed by atoms with Gasteiger partial charge in [0.15, 0.2) is 0 Å². The van der Waals surface area contributed by atoms with E-state index in [1.54, 1.807) is 4.40 Å². The minimum Gasteiger partial charge on any atom is -0.430 e. The van der Waals surface area contributed by atoms with Gasteiger partial charge < -0.3 is 4.42 Å². The van der Waals surface area contributed by atoms with Crippen molar-refractivity contribution in [1.29, 1.82) is 0 Å². The molecule has 4 aromatic heterocycles. The monoisotopic (exact) mass is 338 g/mol. The molecular weight excluding hydrogens is 328 g/mol. The summed E-state index contributed by atoms with van der Waals surface area (Å²) >= 11 is 0. The minimum absolute atomic E-state index is 0.220. The molecule has 5 nitrogen and oxygen atoms in total. The molecular formula is C21H10N2O3. The Kier molecular flexibility index (Phi) is 2.32. The average molecular weight is 338 g/mol. The topological polar surface area (TPSA) is 64.6 Å². The molecule has 0 radical (unpaired) electrons. The van der Waals surface area contributed by atoms with Gasteiger partial charge in [0.1, 0.15) is 6.26 Å². The second-order valence-electron chi connectivity index (χ2n) is 6.46. The minimum atomic E-state index is -0.478. The standard InChI is InChI=1S/C21H10N2O3/c24-18-8-12-7-17-20-14(9-23(17)21(25)15(12)10-26-18)13-5-1-3-11-4-2-6-16(22-20)19(11)13/h1-10H. The number of pyridine rings is 2. The summed E-state index contributed by atoms with van der Waals surface area (Å²) in [7, 11) is 0. The van der Waals surface area contributed by atoms with Gasteiger partial charge in [0.2, 0.25) is 0 Å². The van der Waals surface area contributed by atoms with E-state index in [2.05, 4.69) is 12.1 Å². The Labute approximate surface area is 145 Å². The number of hydrogen-bond acceptors (Lipinski definition) is 4. The summed E-state index contributed by atoms with van der Waals surface area (Å²) in [5.74, 6) is 0. The maximum Gasteiger partial charge on any atom is 0.336 e. The van der Waals surface area contributed by atoms with Crippen molar-refractivity contribution in [2.75, 3.05) is 0 Å². The fourth-order valence-corrected chi connectivity index (χ4v) is 3.89. The second kappa shape index (κ2) is 4.46. The summed E-state index contributed by atoms with van der Waals surface area (Å²) in [6, 6.07) is 15.3. The molecule has 0 fully saturated rings. The number of hydrogen-bond donors (Lipinski definition) is 0. The van der Waals surface area contributed by atoms with Crippen molar-refractivity contribution in [2.24, 2.45) is 0 Å². The van der Waals surface area contributed by atoms with Crippen molar-refractivity contribution in [3.05, 3.63) is 81.8 Å². The highest BCUT2D eigenvalue weighted by molar-refractivity contribution is 6.21. The lowest BCUT2D eigenvalue weighted by Gasteiger charge is -2.05. The molecule has 6 aromatic rings. The van der Waals surface area contributed by atoms with Crippen molar-refractivity contribution >= 4 is 48.9 Å². The van der Waals surface area contributed by atoms with Gasteiger partial charge in [-0.15, -0.1) is 0 Å². The molecule has 0 saturated carbocycles. The predicted molar refractivity (Wildman–Crippen MR) is 101 cm³/mol. The molecule has 0 atom stereocenters. The normalized spacial score (nSPS) is 12.2. The van der Waals surface area contributed by atoms with Crippen LogP contribution in [0.5, 0.6) is 0 Å². The van der Waals surface area contributed by atoms with Crippen LogP contribution in [0.3, 0.4) is 0 Å². The van der Waals surface area contributed by atoms with E-state index >= 15 is 0 Å². The number of fused-ring (bicyclic) bond motifs is 5. The van der Waals surface area contributed by atoms with Crippen LogP contribution in [0.4, 0.5) is 0 Å². The van der Waals surface area contributed by atoms with Crippen LogP contribution in [0.15, 0.2) is 75.0 Å². The van der Waals surface area contributed by atoms with Crippen LogP contribution in [0.25, 0.3) is 48.9 Å². The van der Waals surface area contributed by atoms with Crippen molar-refractivity contribution in [3.63, 3.8) is 0 Å². The number of benzene rings is 2. The summed E-state index contributed by atoms with van der Waals surface area (Å²) in [5, 5.41) is 5.12. The van der Waals surface area contributed by atoms with Crippen molar-refractivity contribution in [1.82, 2.24) is 9.38 Å². The van der Waals surface area contributed by atoms with Crippen LogP contribution in [0, 0.1) is 0 Å².